The van der Waals surface area contributed by atoms with E-state index in [2.05, 4.69) is 50.5 Å². The first-order valence-corrected chi connectivity index (χ1v) is 7.10. The number of likely N-dealkylation sites (N-methyl/N-ethyl adjacent to an activating group) is 1. The zero-order valence-electron chi connectivity index (χ0n) is 10.9. The van der Waals surface area contributed by atoms with Crippen LogP contribution in [-0.4, -0.2) is 40.9 Å². The SMILES string of the molecule is CN1CCN(c2nc(N)ns2)C(c2ccccc2)C1. The summed E-state index contributed by atoms with van der Waals surface area (Å²) in [5.74, 6) is 0.366. The van der Waals surface area contributed by atoms with Gasteiger partial charge in [-0.2, -0.15) is 9.36 Å². The monoisotopic (exact) mass is 275 g/mol. The van der Waals surface area contributed by atoms with Gasteiger partial charge in [0.2, 0.25) is 11.1 Å². The molecule has 5 nitrogen and oxygen atoms in total. The molecule has 100 valence electrons. The molecule has 1 aromatic carbocycles. The molecule has 0 amide bonds. The van der Waals surface area contributed by atoms with E-state index in [1.54, 1.807) is 0 Å². The molecular formula is C13H17N5S. The van der Waals surface area contributed by atoms with E-state index in [-0.39, 0.29) is 0 Å². The molecular weight excluding hydrogens is 258 g/mol. The smallest absolute Gasteiger partial charge is 0.233 e. The molecule has 0 aliphatic carbocycles. The van der Waals surface area contributed by atoms with Crippen molar-refractivity contribution in [3.63, 3.8) is 0 Å². The van der Waals surface area contributed by atoms with Crippen LogP contribution in [-0.2, 0) is 0 Å². The van der Waals surface area contributed by atoms with Gasteiger partial charge < -0.3 is 15.5 Å². The number of nitrogens with zero attached hydrogens (tertiary/aromatic N) is 4. The molecule has 0 saturated carbocycles. The van der Waals surface area contributed by atoms with Crippen molar-refractivity contribution in [2.75, 3.05) is 37.3 Å². The molecule has 0 spiro atoms. The first-order chi connectivity index (χ1) is 9.24. The minimum Gasteiger partial charge on any atom is -0.367 e. The first-order valence-electron chi connectivity index (χ1n) is 6.33. The third-order valence-electron chi connectivity index (χ3n) is 3.44. The zero-order valence-corrected chi connectivity index (χ0v) is 11.7. The number of benzene rings is 1. The highest BCUT2D eigenvalue weighted by Gasteiger charge is 2.28. The summed E-state index contributed by atoms with van der Waals surface area (Å²) >= 11 is 1.38. The second kappa shape index (κ2) is 5.14. The molecule has 1 unspecified atom stereocenters. The van der Waals surface area contributed by atoms with Crippen LogP contribution in [0, 0.1) is 0 Å². The summed E-state index contributed by atoms with van der Waals surface area (Å²) < 4.78 is 4.09. The number of hydrogen-bond donors (Lipinski definition) is 1. The first kappa shape index (κ1) is 12.4. The Kier molecular flexibility index (Phi) is 3.35. The van der Waals surface area contributed by atoms with Crippen LogP contribution in [0.2, 0.25) is 0 Å². The van der Waals surface area contributed by atoms with Gasteiger partial charge in [-0.25, -0.2) is 0 Å². The Labute approximate surface area is 116 Å². The summed E-state index contributed by atoms with van der Waals surface area (Å²) in [6.07, 6.45) is 0. The Morgan fingerprint density at radius 1 is 1.26 bits per heavy atom. The van der Waals surface area contributed by atoms with Crippen LogP contribution in [0.5, 0.6) is 0 Å². The Morgan fingerprint density at radius 3 is 2.74 bits per heavy atom. The molecule has 1 aromatic heterocycles. The summed E-state index contributed by atoms with van der Waals surface area (Å²) in [7, 11) is 2.15. The molecule has 0 radical (unpaired) electrons. The maximum Gasteiger partial charge on any atom is 0.233 e. The largest absolute Gasteiger partial charge is 0.367 e. The summed E-state index contributed by atoms with van der Waals surface area (Å²) in [6.45, 7) is 2.97. The molecule has 6 heteroatoms. The standard InChI is InChI=1S/C13H17N5S/c1-17-7-8-18(13-15-12(14)16-19-13)11(9-17)10-5-3-2-4-6-10/h2-6,11H,7-9H2,1H3,(H2,14,16). The lowest BCUT2D eigenvalue weighted by molar-refractivity contribution is 0.269. The maximum absolute atomic E-state index is 5.65. The minimum absolute atomic E-state index is 0.312. The van der Waals surface area contributed by atoms with E-state index in [0.29, 0.717) is 12.0 Å². The maximum atomic E-state index is 5.65. The molecule has 19 heavy (non-hydrogen) atoms. The van der Waals surface area contributed by atoms with Gasteiger partial charge in [0, 0.05) is 31.2 Å². The number of aromatic nitrogens is 2. The Balaban J connectivity index is 1.92. The second-order valence-corrected chi connectivity index (χ2v) is 5.55. The normalized spacial score (nSPS) is 20.7. The lowest BCUT2D eigenvalue weighted by atomic mass is 10.0. The van der Waals surface area contributed by atoms with Gasteiger partial charge in [0.15, 0.2) is 0 Å². The average Bonchev–Trinajstić information content (AvgIpc) is 2.86. The van der Waals surface area contributed by atoms with Gasteiger partial charge >= 0.3 is 0 Å². The summed E-state index contributed by atoms with van der Waals surface area (Å²) in [4.78, 5) is 8.98. The van der Waals surface area contributed by atoms with E-state index in [9.17, 15) is 0 Å². The van der Waals surface area contributed by atoms with Crippen LogP contribution in [0.1, 0.15) is 11.6 Å². The zero-order chi connectivity index (χ0) is 13.2. The molecule has 1 fully saturated rings. The average molecular weight is 275 g/mol. The van der Waals surface area contributed by atoms with Crippen molar-refractivity contribution in [3.05, 3.63) is 35.9 Å². The van der Waals surface area contributed by atoms with Crippen molar-refractivity contribution < 1.29 is 0 Å². The van der Waals surface area contributed by atoms with Crippen LogP contribution in [0.4, 0.5) is 11.1 Å². The fourth-order valence-electron chi connectivity index (χ4n) is 2.45. The van der Waals surface area contributed by atoms with E-state index >= 15 is 0 Å². The number of piperazine rings is 1. The number of rotatable bonds is 2. The van der Waals surface area contributed by atoms with Crippen molar-refractivity contribution in [2.45, 2.75) is 6.04 Å². The summed E-state index contributed by atoms with van der Waals surface area (Å²) in [5, 5.41) is 0.916. The van der Waals surface area contributed by atoms with Crippen LogP contribution >= 0.6 is 11.5 Å². The van der Waals surface area contributed by atoms with E-state index in [1.165, 1.54) is 17.1 Å². The van der Waals surface area contributed by atoms with Crippen molar-refractivity contribution in [1.29, 1.82) is 0 Å². The Morgan fingerprint density at radius 2 is 2.05 bits per heavy atom. The third kappa shape index (κ3) is 2.54. The third-order valence-corrected chi connectivity index (χ3v) is 4.21. The Bertz CT molecular complexity index is 541. The lowest BCUT2D eigenvalue weighted by Crippen LogP contribution is -2.46. The molecule has 2 heterocycles. The highest BCUT2D eigenvalue weighted by molar-refractivity contribution is 7.09. The number of anilines is 2. The predicted octanol–water partition coefficient (Wildman–Crippen LogP) is 1.61. The van der Waals surface area contributed by atoms with Crippen LogP contribution < -0.4 is 10.6 Å². The molecule has 1 saturated heterocycles. The van der Waals surface area contributed by atoms with Crippen molar-refractivity contribution in [1.82, 2.24) is 14.3 Å². The van der Waals surface area contributed by atoms with Gasteiger partial charge in [0.05, 0.1) is 6.04 Å². The molecule has 2 aromatic rings. The molecule has 2 N–H and O–H groups in total. The van der Waals surface area contributed by atoms with Gasteiger partial charge in [-0.15, -0.1) is 0 Å². The van der Waals surface area contributed by atoms with Crippen LogP contribution in [0.3, 0.4) is 0 Å². The van der Waals surface area contributed by atoms with Gasteiger partial charge in [-0.1, -0.05) is 30.3 Å². The second-order valence-electron chi connectivity index (χ2n) is 4.82. The fourth-order valence-corrected chi connectivity index (χ4v) is 3.13. The van der Waals surface area contributed by atoms with Crippen molar-refractivity contribution >= 4 is 22.6 Å². The summed E-state index contributed by atoms with van der Waals surface area (Å²) in [6, 6.07) is 10.9. The van der Waals surface area contributed by atoms with Crippen LogP contribution in [0.25, 0.3) is 0 Å². The topological polar surface area (TPSA) is 58.3 Å². The van der Waals surface area contributed by atoms with E-state index in [4.69, 9.17) is 5.73 Å². The minimum atomic E-state index is 0.312. The van der Waals surface area contributed by atoms with E-state index in [1.807, 2.05) is 6.07 Å². The van der Waals surface area contributed by atoms with Crippen molar-refractivity contribution in [3.8, 4) is 0 Å². The van der Waals surface area contributed by atoms with E-state index in [0.717, 1.165) is 24.8 Å². The lowest BCUT2D eigenvalue weighted by Gasteiger charge is -2.40. The molecule has 3 rings (SSSR count). The van der Waals surface area contributed by atoms with Gasteiger partial charge in [-0.05, 0) is 12.6 Å². The molecule has 0 bridgehead atoms. The van der Waals surface area contributed by atoms with Crippen molar-refractivity contribution in [2.24, 2.45) is 0 Å². The number of nitrogen functional groups attached to an aromatic ring is 1. The van der Waals surface area contributed by atoms with Gasteiger partial charge in [0.1, 0.15) is 0 Å². The highest BCUT2D eigenvalue weighted by Crippen LogP contribution is 2.31. The number of nitrogens with two attached hydrogens (primary N) is 1. The number of hydrogen-bond acceptors (Lipinski definition) is 6. The van der Waals surface area contributed by atoms with Gasteiger partial charge in [-0.3, -0.25) is 0 Å². The van der Waals surface area contributed by atoms with E-state index < -0.39 is 0 Å². The molecule has 1 aliphatic rings. The molecule has 1 atom stereocenters. The predicted molar refractivity (Wildman–Crippen MR) is 78.3 cm³/mol. The highest BCUT2D eigenvalue weighted by atomic mass is 32.1. The molecule has 1 aliphatic heterocycles. The van der Waals surface area contributed by atoms with Gasteiger partial charge in [0.25, 0.3) is 0 Å². The quantitative estimate of drug-likeness (QED) is 0.902. The summed E-state index contributed by atoms with van der Waals surface area (Å²) in [5.41, 5.74) is 6.96. The van der Waals surface area contributed by atoms with Crippen LogP contribution in [0.15, 0.2) is 30.3 Å². The Hall–Kier alpha value is -1.66. The fraction of sp³-hybridized carbons (Fsp3) is 0.385.